The number of fused-ring (bicyclic) bond motifs is 1. The van der Waals surface area contributed by atoms with E-state index in [-0.39, 0.29) is 12.1 Å². The normalized spacial score (nSPS) is 22.4. The molecule has 0 unspecified atom stereocenters. The summed E-state index contributed by atoms with van der Waals surface area (Å²) in [5.74, 6) is 0.598. The molecular formula is C22H30N4O3. The molecule has 1 saturated carbocycles. The highest BCUT2D eigenvalue weighted by Crippen LogP contribution is 2.31. The topological polar surface area (TPSA) is 76.6 Å². The predicted octanol–water partition coefficient (Wildman–Crippen LogP) is 3.31. The maximum Gasteiger partial charge on any atom is 0.407 e. The van der Waals surface area contributed by atoms with Gasteiger partial charge in [-0.2, -0.15) is 0 Å². The summed E-state index contributed by atoms with van der Waals surface area (Å²) in [5, 5.41) is 2.98. The van der Waals surface area contributed by atoms with E-state index in [2.05, 4.69) is 32.3 Å². The monoisotopic (exact) mass is 398 g/mol. The number of nitrogens with zero attached hydrogens (tertiary/aromatic N) is 3. The molecule has 7 nitrogen and oxygen atoms in total. The van der Waals surface area contributed by atoms with E-state index < -0.39 is 0 Å². The molecule has 29 heavy (non-hydrogen) atoms. The SMILES string of the molecule is CCOC(=O)NC1CCC(Cc2cc(N3CCOCC3)cc3nccnc23)CC1. The van der Waals surface area contributed by atoms with Crippen molar-refractivity contribution in [1.29, 1.82) is 0 Å². The summed E-state index contributed by atoms with van der Waals surface area (Å²) in [6.07, 6.45) is 8.44. The number of carbonyl (C=O) groups is 1. The largest absolute Gasteiger partial charge is 0.450 e. The Balaban J connectivity index is 1.45. The average Bonchev–Trinajstić information content (AvgIpc) is 2.76. The number of ether oxygens (including phenoxy) is 2. The number of anilines is 1. The molecule has 4 rings (SSSR count). The van der Waals surface area contributed by atoms with E-state index in [1.165, 1.54) is 11.3 Å². The number of morpholine rings is 1. The average molecular weight is 399 g/mol. The summed E-state index contributed by atoms with van der Waals surface area (Å²) in [4.78, 5) is 23.2. The summed E-state index contributed by atoms with van der Waals surface area (Å²) in [5.41, 5.74) is 4.47. The first kappa shape index (κ1) is 19.9. The zero-order chi connectivity index (χ0) is 20.1. The van der Waals surface area contributed by atoms with Gasteiger partial charge in [0.25, 0.3) is 0 Å². The lowest BCUT2D eigenvalue weighted by atomic mass is 9.82. The number of nitrogens with one attached hydrogen (secondary N) is 1. The number of amides is 1. The van der Waals surface area contributed by atoms with Crippen LogP contribution in [0.4, 0.5) is 10.5 Å². The minimum Gasteiger partial charge on any atom is -0.450 e. The van der Waals surface area contributed by atoms with Gasteiger partial charge >= 0.3 is 6.09 Å². The molecule has 0 radical (unpaired) electrons. The van der Waals surface area contributed by atoms with Crippen LogP contribution in [-0.2, 0) is 15.9 Å². The van der Waals surface area contributed by atoms with Crippen LogP contribution < -0.4 is 10.2 Å². The van der Waals surface area contributed by atoms with E-state index in [0.29, 0.717) is 12.5 Å². The number of hydrogen-bond donors (Lipinski definition) is 1. The molecule has 2 heterocycles. The second kappa shape index (κ2) is 9.39. The third kappa shape index (κ3) is 4.96. The van der Waals surface area contributed by atoms with Gasteiger partial charge in [-0.1, -0.05) is 0 Å². The Hall–Kier alpha value is -2.41. The molecule has 1 aliphatic carbocycles. The Kier molecular flexibility index (Phi) is 6.44. The van der Waals surface area contributed by atoms with Gasteiger partial charge < -0.3 is 19.7 Å². The van der Waals surface area contributed by atoms with Crippen molar-refractivity contribution in [3.05, 3.63) is 30.1 Å². The lowest BCUT2D eigenvalue weighted by Crippen LogP contribution is -2.38. The van der Waals surface area contributed by atoms with Gasteiger partial charge in [0, 0.05) is 37.2 Å². The van der Waals surface area contributed by atoms with Crippen LogP contribution in [0.5, 0.6) is 0 Å². The molecule has 0 spiro atoms. The van der Waals surface area contributed by atoms with E-state index in [1.54, 1.807) is 12.4 Å². The zero-order valence-electron chi connectivity index (χ0n) is 17.1. The van der Waals surface area contributed by atoms with Gasteiger partial charge in [-0.15, -0.1) is 0 Å². The molecule has 1 aliphatic heterocycles. The third-order valence-corrected chi connectivity index (χ3v) is 5.97. The predicted molar refractivity (Wildman–Crippen MR) is 112 cm³/mol. The van der Waals surface area contributed by atoms with Crippen LogP contribution in [0, 0.1) is 5.92 Å². The molecular weight excluding hydrogens is 368 g/mol. The molecule has 1 aromatic heterocycles. The van der Waals surface area contributed by atoms with Gasteiger partial charge in [0.15, 0.2) is 0 Å². The molecule has 0 bridgehead atoms. The number of rotatable bonds is 5. The maximum absolute atomic E-state index is 11.7. The Bertz CT molecular complexity index is 830. The molecule has 0 atom stereocenters. The fraction of sp³-hybridized carbons (Fsp3) is 0.591. The molecule has 1 aromatic carbocycles. The van der Waals surface area contributed by atoms with Crippen LogP contribution in [0.15, 0.2) is 24.5 Å². The molecule has 2 aromatic rings. The summed E-state index contributed by atoms with van der Waals surface area (Å²) >= 11 is 0. The first-order valence-corrected chi connectivity index (χ1v) is 10.7. The molecule has 2 fully saturated rings. The number of aromatic nitrogens is 2. The van der Waals surface area contributed by atoms with Crippen molar-refractivity contribution in [3.8, 4) is 0 Å². The Morgan fingerprint density at radius 1 is 1.17 bits per heavy atom. The first-order chi connectivity index (χ1) is 14.2. The van der Waals surface area contributed by atoms with Gasteiger partial charge in [0.1, 0.15) is 0 Å². The van der Waals surface area contributed by atoms with Gasteiger partial charge in [0.2, 0.25) is 0 Å². The smallest absolute Gasteiger partial charge is 0.407 e. The minimum atomic E-state index is -0.296. The summed E-state index contributed by atoms with van der Waals surface area (Å²) < 4.78 is 10.5. The second-order valence-electron chi connectivity index (χ2n) is 7.91. The molecule has 2 aliphatic rings. The molecule has 7 heteroatoms. The molecule has 1 amide bonds. The zero-order valence-corrected chi connectivity index (χ0v) is 17.1. The Morgan fingerprint density at radius 2 is 1.93 bits per heavy atom. The van der Waals surface area contributed by atoms with Crippen LogP contribution >= 0.6 is 0 Å². The molecule has 1 saturated heterocycles. The number of alkyl carbamates (subject to hydrolysis) is 1. The summed E-state index contributed by atoms with van der Waals surface area (Å²) in [7, 11) is 0. The fourth-order valence-electron chi connectivity index (χ4n) is 4.45. The number of hydrogen-bond acceptors (Lipinski definition) is 6. The summed E-state index contributed by atoms with van der Waals surface area (Å²) in [6.45, 7) is 5.60. The van der Waals surface area contributed by atoms with Crippen LogP contribution in [-0.4, -0.2) is 55.0 Å². The van der Waals surface area contributed by atoms with Crippen LogP contribution in [0.2, 0.25) is 0 Å². The van der Waals surface area contributed by atoms with Gasteiger partial charge in [-0.25, -0.2) is 4.79 Å². The van der Waals surface area contributed by atoms with Crippen molar-refractivity contribution in [2.45, 2.75) is 45.1 Å². The Labute approximate surface area is 171 Å². The highest BCUT2D eigenvalue weighted by molar-refractivity contribution is 5.82. The first-order valence-electron chi connectivity index (χ1n) is 10.7. The summed E-state index contributed by atoms with van der Waals surface area (Å²) in [6, 6.07) is 4.67. The van der Waals surface area contributed by atoms with Crippen LogP contribution in [0.3, 0.4) is 0 Å². The minimum absolute atomic E-state index is 0.224. The quantitative estimate of drug-likeness (QED) is 0.833. The number of carbonyl (C=O) groups excluding carboxylic acids is 1. The highest BCUT2D eigenvalue weighted by atomic mass is 16.5. The van der Waals surface area contributed by atoms with Gasteiger partial charge in [-0.05, 0) is 62.6 Å². The lowest BCUT2D eigenvalue weighted by Gasteiger charge is -2.31. The van der Waals surface area contributed by atoms with Crippen molar-refractivity contribution in [1.82, 2.24) is 15.3 Å². The van der Waals surface area contributed by atoms with E-state index >= 15 is 0 Å². The van der Waals surface area contributed by atoms with E-state index in [1.807, 2.05) is 6.92 Å². The van der Waals surface area contributed by atoms with Crippen LogP contribution in [0.25, 0.3) is 11.0 Å². The number of benzene rings is 1. The Morgan fingerprint density at radius 3 is 2.69 bits per heavy atom. The standard InChI is InChI=1S/C22H30N4O3/c1-2-29-22(27)25-18-5-3-16(4-6-18)13-17-14-19(26-9-11-28-12-10-26)15-20-21(17)24-8-7-23-20/h7-8,14-16,18H,2-6,9-13H2,1H3,(H,25,27). The van der Waals surface area contributed by atoms with E-state index in [9.17, 15) is 4.79 Å². The van der Waals surface area contributed by atoms with Crippen molar-refractivity contribution in [2.24, 2.45) is 5.92 Å². The lowest BCUT2D eigenvalue weighted by molar-refractivity contribution is 0.122. The van der Waals surface area contributed by atoms with Gasteiger partial charge in [-0.3, -0.25) is 9.97 Å². The van der Waals surface area contributed by atoms with Crippen molar-refractivity contribution >= 4 is 22.8 Å². The maximum atomic E-state index is 11.7. The van der Waals surface area contributed by atoms with Gasteiger partial charge in [0.05, 0.1) is 30.9 Å². The van der Waals surface area contributed by atoms with Crippen LogP contribution in [0.1, 0.15) is 38.2 Å². The molecule has 156 valence electrons. The van der Waals surface area contributed by atoms with E-state index in [0.717, 1.165) is 69.4 Å². The molecule has 1 N–H and O–H groups in total. The fourth-order valence-corrected chi connectivity index (χ4v) is 4.45. The highest BCUT2D eigenvalue weighted by Gasteiger charge is 2.24. The third-order valence-electron chi connectivity index (χ3n) is 5.97. The van der Waals surface area contributed by atoms with Crippen molar-refractivity contribution in [3.63, 3.8) is 0 Å². The van der Waals surface area contributed by atoms with Crippen molar-refractivity contribution < 1.29 is 14.3 Å². The van der Waals surface area contributed by atoms with E-state index in [4.69, 9.17) is 9.47 Å². The second-order valence-corrected chi connectivity index (χ2v) is 7.91. The van der Waals surface area contributed by atoms with Crippen molar-refractivity contribution in [2.75, 3.05) is 37.8 Å².